The fourth-order valence-electron chi connectivity index (χ4n) is 2.16. The average molecular weight is 275 g/mol. The van der Waals surface area contributed by atoms with Gasteiger partial charge in [0.25, 0.3) is 0 Å². The van der Waals surface area contributed by atoms with Crippen molar-refractivity contribution in [2.45, 2.75) is 13.0 Å². The number of hydrogen-bond donors (Lipinski definition) is 1. The highest BCUT2D eigenvalue weighted by molar-refractivity contribution is 7.99. The number of para-hydroxylation sites is 2. The molecule has 2 rings (SSSR count). The van der Waals surface area contributed by atoms with E-state index in [0.29, 0.717) is 0 Å². The average Bonchev–Trinajstić information content (AvgIpc) is 2.76. The number of nitrogens with zero attached hydrogens (tertiary/aromatic N) is 2. The topological polar surface area (TPSA) is 29.9 Å². The van der Waals surface area contributed by atoms with Gasteiger partial charge in [0.05, 0.1) is 17.1 Å². The quantitative estimate of drug-likeness (QED) is 0.622. The molecule has 4 heteroatoms. The van der Waals surface area contributed by atoms with E-state index in [1.54, 1.807) is 0 Å². The number of hydrogen-bond acceptors (Lipinski definition) is 3. The summed E-state index contributed by atoms with van der Waals surface area (Å²) in [6, 6.07) is 8.52. The van der Waals surface area contributed by atoms with Gasteiger partial charge in [-0.1, -0.05) is 18.2 Å². The van der Waals surface area contributed by atoms with Gasteiger partial charge >= 0.3 is 0 Å². The van der Waals surface area contributed by atoms with Gasteiger partial charge in [-0.15, -0.1) is 6.58 Å². The molecule has 0 bridgehead atoms. The summed E-state index contributed by atoms with van der Waals surface area (Å²) in [5, 5.41) is 3.52. The molecule has 2 aromatic rings. The number of aryl methyl sites for hydroxylation is 1. The van der Waals surface area contributed by atoms with E-state index >= 15 is 0 Å². The lowest BCUT2D eigenvalue weighted by molar-refractivity contribution is 0.553. The highest BCUT2D eigenvalue weighted by Crippen LogP contribution is 2.18. The number of thioether (sulfide) groups is 1. The summed E-state index contributed by atoms with van der Waals surface area (Å²) in [6.07, 6.45) is 1.94. The minimum Gasteiger partial charge on any atom is -0.330 e. The molecule has 1 N–H and O–H groups in total. The number of benzene rings is 1. The maximum absolute atomic E-state index is 4.70. The second kappa shape index (κ2) is 6.78. The van der Waals surface area contributed by atoms with E-state index < -0.39 is 0 Å². The summed E-state index contributed by atoms with van der Waals surface area (Å²) < 4.78 is 2.17. The van der Waals surface area contributed by atoms with E-state index in [1.165, 1.54) is 5.52 Å². The van der Waals surface area contributed by atoms with Crippen LogP contribution in [0.2, 0.25) is 0 Å². The van der Waals surface area contributed by atoms with Crippen LogP contribution in [-0.2, 0) is 7.05 Å². The summed E-state index contributed by atoms with van der Waals surface area (Å²) in [5.74, 6) is 3.21. The Labute approximate surface area is 119 Å². The molecule has 0 aliphatic carbocycles. The van der Waals surface area contributed by atoms with Crippen molar-refractivity contribution >= 4 is 22.8 Å². The Morgan fingerprint density at radius 2 is 2.26 bits per heavy atom. The normalized spacial score (nSPS) is 12.7. The van der Waals surface area contributed by atoms with Crippen LogP contribution >= 0.6 is 11.8 Å². The van der Waals surface area contributed by atoms with Gasteiger partial charge in [-0.05, 0) is 19.1 Å². The number of nitrogens with one attached hydrogen (secondary N) is 1. The third-order valence-electron chi connectivity index (χ3n) is 3.14. The second-order valence-electron chi connectivity index (χ2n) is 4.56. The monoisotopic (exact) mass is 275 g/mol. The van der Waals surface area contributed by atoms with Crippen LogP contribution in [0.25, 0.3) is 11.0 Å². The summed E-state index contributed by atoms with van der Waals surface area (Å²) in [4.78, 5) is 4.70. The molecular formula is C15H21N3S. The van der Waals surface area contributed by atoms with E-state index in [2.05, 4.69) is 48.6 Å². The molecule has 3 nitrogen and oxygen atoms in total. The molecule has 0 radical (unpaired) electrons. The maximum atomic E-state index is 4.70. The molecule has 0 saturated heterocycles. The first-order valence-corrected chi connectivity index (χ1v) is 7.73. The van der Waals surface area contributed by atoms with Crippen LogP contribution in [0.4, 0.5) is 0 Å². The number of fused-ring (bicyclic) bond motifs is 1. The molecule has 0 aliphatic heterocycles. The van der Waals surface area contributed by atoms with Crippen LogP contribution in [0.3, 0.4) is 0 Å². The summed E-state index contributed by atoms with van der Waals surface area (Å²) in [5.41, 5.74) is 2.25. The molecular weight excluding hydrogens is 254 g/mol. The van der Waals surface area contributed by atoms with Crippen LogP contribution in [0.5, 0.6) is 0 Å². The van der Waals surface area contributed by atoms with E-state index in [9.17, 15) is 0 Å². The maximum Gasteiger partial charge on any atom is 0.126 e. The lowest BCUT2D eigenvalue weighted by Gasteiger charge is -2.13. The molecule has 0 spiro atoms. The predicted molar refractivity (Wildman–Crippen MR) is 84.7 cm³/mol. The van der Waals surface area contributed by atoms with Gasteiger partial charge in [-0.2, -0.15) is 11.8 Å². The van der Waals surface area contributed by atoms with Crippen molar-refractivity contribution in [2.24, 2.45) is 7.05 Å². The third kappa shape index (κ3) is 3.39. The van der Waals surface area contributed by atoms with Gasteiger partial charge in [0.2, 0.25) is 0 Å². The van der Waals surface area contributed by atoms with Crippen molar-refractivity contribution in [1.29, 1.82) is 0 Å². The molecule has 1 heterocycles. The van der Waals surface area contributed by atoms with Gasteiger partial charge in [-0.3, -0.25) is 0 Å². The molecule has 1 atom stereocenters. The lowest BCUT2D eigenvalue weighted by Crippen LogP contribution is -2.23. The Morgan fingerprint density at radius 3 is 3.00 bits per heavy atom. The molecule has 102 valence electrons. The standard InChI is InChI=1S/C15H21N3S/c1-4-10-19-11-9-16-12(2)15-17-13-7-5-6-8-14(13)18(15)3/h4-8,12,16H,1,9-11H2,2-3H3. The highest BCUT2D eigenvalue weighted by Gasteiger charge is 2.13. The zero-order chi connectivity index (χ0) is 13.7. The summed E-state index contributed by atoms with van der Waals surface area (Å²) >= 11 is 1.89. The first kappa shape index (κ1) is 14.2. The SMILES string of the molecule is C=CCSCCNC(C)c1nc2ccccc2n1C. The number of aromatic nitrogens is 2. The predicted octanol–water partition coefficient (Wildman–Crippen LogP) is 3.14. The fraction of sp³-hybridized carbons (Fsp3) is 0.400. The lowest BCUT2D eigenvalue weighted by atomic mass is 10.3. The van der Waals surface area contributed by atoms with Gasteiger partial charge in [0.15, 0.2) is 0 Å². The van der Waals surface area contributed by atoms with Crippen molar-refractivity contribution in [3.05, 3.63) is 42.7 Å². The Morgan fingerprint density at radius 1 is 1.47 bits per heavy atom. The van der Waals surface area contributed by atoms with Gasteiger partial charge in [-0.25, -0.2) is 4.98 Å². The number of rotatable bonds is 7. The molecule has 0 aliphatic rings. The Balaban J connectivity index is 1.99. The van der Waals surface area contributed by atoms with E-state index in [1.807, 2.05) is 23.9 Å². The van der Waals surface area contributed by atoms with Crippen LogP contribution in [0.15, 0.2) is 36.9 Å². The Kier molecular flexibility index (Phi) is 5.05. The van der Waals surface area contributed by atoms with Gasteiger partial charge < -0.3 is 9.88 Å². The van der Waals surface area contributed by atoms with Gasteiger partial charge in [0, 0.05) is 25.1 Å². The highest BCUT2D eigenvalue weighted by atomic mass is 32.2. The van der Waals surface area contributed by atoms with Crippen LogP contribution in [-0.4, -0.2) is 27.6 Å². The summed E-state index contributed by atoms with van der Waals surface area (Å²) in [7, 11) is 2.08. The van der Waals surface area contributed by atoms with Crippen molar-refractivity contribution in [2.75, 3.05) is 18.1 Å². The van der Waals surface area contributed by atoms with E-state index in [4.69, 9.17) is 4.98 Å². The van der Waals surface area contributed by atoms with Crippen molar-refractivity contribution in [1.82, 2.24) is 14.9 Å². The molecule has 1 unspecified atom stereocenters. The van der Waals surface area contributed by atoms with Crippen molar-refractivity contribution in [3.8, 4) is 0 Å². The third-order valence-corrected chi connectivity index (χ3v) is 4.11. The summed E-state index contributed by atoms with van der Waals surface area (Å²) in [6.45, 7) is 6.88. The number of imidazole rings is 1. The van der Waals surface area contributed by atoms with Crippen LogP contribution in [0.1, 0.15) is 18.8 Å². The first-order valence-electron chi connectivity index (χ1n) is 6.57. The molecule has 1 aromatic heterocycles. The second-order valence-corrected chi connectivity index (χ2v) is 5.71. The smallest absolute Gasteiger partial charge is 0.126 e. The zero-order valence-corrected chi connectivity index (χ0v) is 12.4. The van der Waals surface area contributed by atoms with Crippen molar-refractivity contribution in [3.63, 3.8) is 0 Å². The molecule has 1 aromatic carbocycles. The minimum atomic E-state index is 0.265. The van der Waals surface area contributed by atoms with E-state index in [-0.39, 0.29) is 6.04 Å². The molecule has 19 heavy (non-hydrogen) atoms. The van der Waals surface area contributed by atoms with Crippen LogP contribution in [0, 0.1) is 0 Å². The largest absolute Gasteiger partial charge is 0.330 e. The van der Waals surface area contributed by atoms with Crippen LogP contribution < -0.4 is 5.32 Å². The van der Waals surface area contributed by atoms with Crippen molar-refractivity contribution < 1.29 is 0 Å². The Hall–Kier alpha value is -1.26. The molecule has 0 saturated carbocycles. The minimum absolute atomic E-state index is 0.265. The fourth-order valence-corrected chi connectivity index (χ4v) is 2.75. The zero-order valence-electron chi connectivity index (χ0n) is 11.6. The molecule has 0 amide bonds. The molecule has 0 fully saturated rings. The van der Waals surface area contributed by atoms with Gasteiger partial charge in [0.1, 0.15) is 5.82 Å². The Bertz CT molecular complexity index is 547. The van der Waals surface area contributed by atoms with E-state index in [0.717, 1.165) is 29.4 Å². The first-order chi connectivity index (χ1) is 9.24.